The summed E-state index contributed by atoms with van der Waals surface area (Å²) in [6.45, 7) is 4.10. The average molecular weight is 415 g/mol. The summed E-state index contributed by atoms with van der Waals surface area (Å²) in [5.41, 5.74) is -0.0680. The Kier molecular flexibility index (Phi) is 7.08. The maximum atomic E-state index is 12.7. The Balaban J connectivity index is 1.64. The maximum Gasteiger partial charge on any atom is 0.274 e. The van der Waals surface area contributed by atoms with Crippen LogP contribution in [0, 0.1) is 0 Å². The van der Waals surface area contributed by atoms with Gasteiger partial charge in [0.25, 0.3) is 17.4 Å². The van der Waals surface area contributed by atoms with Gasteiger partial charge >= 0.3 is 0 Å². The Hall–Kier alpha value is -3.33. The minimum absolute atomic E-state index is 0.0249. The molecule has 0 unspecified atom stereocenters. The molecule has 1 aromatic carbocycles. The molecule has 0 aliphatic carbocycles. The van der Waals surface area contributed by atoms with Crippen molar-refractivity contribution in [2.45, 2.75) is 6.92 Å². The molecule has 9 nitrogen and oxygen atoms in total. The van der Waals surface area contributed by atoms with Gasteiger partial charge in [0.05, 0.1) is 25.4 Å². The van der Waals surface area contributed by atoms with Crippen molar-refractivity contribution in [3.8, 4) is 11.5 Å². The van der Waals surface area contributed by atoms with Gasteiger partial charge in [-0.15, -0.1) is 0 Å². The predicted molar refractivity (Wildman–Crippen MR) is 110 cm³/mol. The van der Waals surface area contributed by atoms with Crippen molar-refractivity contribution < 1.29 is 23.8 Å². The molecule has 1 aromatic heterocycles. The molecule has 1 aliphatic rings. The fourth-order valence-corrected chi connectivity index (χ4v) is 3.00. The summed E-state index contributed by atoms with van der Waals surface area (Å²) >= 11 is 0. The standard InChI is InChI=1S/C21H25N3O6/c1-3-29-16-4-6-17(7-5-16)30-14-19(25)22-18-12-15(13-23(2)21(18)27)20(26)24-8-10-28-11-9-24/h4-7,12-13H,3,8-11,14H2,1-2H3,(H,22,25). The highest BCUT2D eigenvalue weighted by Crippen LogP contribution is 2.17. The molecule has 1 N–H and O–H groups in total. The second-order valence-corrected chi connectivity index (χ2v) is 6.70. The molecule has 0 spiro atoms. The van der Waals surface area contributed by atoms with Crippen molar-refractivity contribution in [2.75, 3.05) is 44.8 Å². The molecule has 1 saturated heterocycles. The van der Waals surface area contributed by atoms with Gasteiger partial charge < -0.3 is 29.0 Å². The highest BCUT2D eigenvalue weighted by atomic mass is 16.5. The van der Waals surface area contributed by atoms with Crippen molar-refractivity contribution in [3.63, 3.8) is 0 Å². The van der Waals surface area contributed by atoms with Crippen LogP contribution in [0.1, 0.15) is 17.3 Å². The molecule has 2 amide bonds. The quantitative estimate of drug-likeness (QED) is 0.731. The monoisotopic (exact) mass is 415 g/mol. The predicted octanol–water partition coefficient (Wildman–Crippen LogP) is 1.27. The minimum atomic E-state index is -0.503. The first kappa shape index (κ1) is 21.4. The summed E-state index contributed by atoms with van der Waals surface area (Å²) in [4.78, 5) is 39.0. The van der Waals surface area contributed by atoms with Gasteiger partial charge in [0.2, 0.25) is 0 Å². The Morgan fingerprint density at radius 2 is 1.73 bits per heavy atom. The molecule has 0 bridgehead atoms. The normalized spacial score (nSPS) is 13.6. The summed E-state index contributed by atoms with van der Waals surface area (Å²) in [6.07, 6.45) is 1.46. The van der Waals surface area contributed by atoms with Crippen LogP contribution in [0.5, 0.6) is 11.5 Å². The van der Waals surface area contributed by atoms with E-state index in [9.17, 15) is 14.4 Å². The zero-order valence-electron chi connectivity index (χ0n) is 17.1. The lowest BCUT2D eigenvalue weighted by Gasteiger charge is -2.27. The topological polar surface area (TPSA) is 99.1 Å². The number of amides is 2. The molecule has 160 valence electrons. The second kappa shape index (κ2) is 9.93. The first-order valence-corrected chi connectivity index (χ1v) is 9.71. The number of nitrogens with zero attached hydrogens (tertiary/aromatic N) is 2. The Labute approximate surface area is 174 Å². The van der Waals surface area contributed by atoms with Crippen LogP contribution in [0.15, 0.2) is 41.3 Å². The first-order valence-electron chi connectivity index (χ1n) is 9.71. The van der Waals surface area contributed by atoms with E-state index in [0.717, 1.165) is 0 Å². The molecule has 0 radical (unpaired) electrons. The van der Waals surface area contributed by atoms with Crippen LogP contribution in [-0.2, 0) is 16.6 Å². The number of morpholine rings is 1. The lowest BCUT2D eigenvalue weighted by Crippen LogP contribution is -2.41. The molecule has 2 heterocycles. The molecule has 1 fully saturated rings. The number of aryl methyl sites for hydroxylation is 1. The molecule has 1 aliphatic heterocycles. The van der Waals surface area contributed by atoms with E-state index in [1.165, 1.54) is 23.9 Å². The van der Waals surface area contributed by atoms with Crippen LogP contribution in [-0.4, -0.2) is 60.8 Å². The van der Waals surface area contributed by atoms with E-state index in [0.29, 0.717) is 50.0 Å². The number of ether oxygens (including phenoxy) is 3. The van der Waals surface area contributed by atoms with Gasteiger partial charge in [0.1, 0.15) is 17.2 Å². The van der Waals surface area contributed by atoms with Crippen LogP contribution in [0.3, 0.4) is 0 Å². The maximum absolute atomic E-state index is 12.7. The summed E-state index contributed by atoms with van der Waals surface area (Å²) in [5.74, 6) is 0.490. The van der Waals surface area contributed by atoms with Gasteiger partial charge in [-0.1, -0.05) is 0 Å². The zero-order valence-corrected chi connectivity index (χ0v) is 17.1. The average Bonchev–Trinajstić information content (AvgIpc) is 2.76. The number of aromatic nitrogens is 1. The van der Waals surface area contributed by atoms with Crippen molar-refractivity contribution in [1.29, 1.82) is 0 Å². The lowest BCUT2D eigenvalue weighted by atomic mass is 10.2. The second-order valence-electron chi connectivity index (χ2n) is 6.70. The fraction of sp³-hybridized carbons (Fsp3) is 0.381. The molecular formula is C21H25N3O6. The van der Waals surface area contributed by atoms with E-state index in [-0.39, 0.29) is 18.2 Å². The van der Waals surface area contributed by atoms with E-state index in [1.54, 1.807) is 29.2 Å². The fourth-order valence-electron chi connectivity index (χ4n) is 3.00. The molecule has 3 rings (SSSR count). The highest BCUT2D eigenvalue weighted by molar-refractivity contribution is 5.97. The lowest BCUT2D eigenvalue weighted by molar-refractivity contribution is -0.118. The number of carbonyl (C=O) groups excluding carboxylic acids is 2. The molecule has 0 atom stereocenters. The number of rotatable bonds is 7. The van der Waals surface area contributed by atoms with E-state index in [2.05, 4.69) is 5.32 Å². The van der Waals surface area contributed by atoms with Crippen LogP contribution in [0.25, 0.3) is 0 Å². The molecule has 0 saturated carbocycles. The van der Waals surface area contributed by atoms with E-state index in [1.807, 2.05) is 6.92 Å². The molecular weight excluding hydrogens is 390 g/mol. The minimum Gasteiger partial charge on any atom is -0.494 e. The van der Waals surface area contributed by atoms with Crippen LogP contribution < -0.4 is 20.3 Å². The molecule has 9 heteroatoms. The van der Waals surface area contributed by atoms with Gasteiger partial charge in [-0.2, -0.15) is 0 Å². The van der Waals surface area contributed by atoms with Crippen molar-refractivity contribution >= 4 is 17.5 Å². The largest absolute Gasteiger partial charge is 0.494 e. The molecule has 30 heavy (non-hydrogen) atoms. The summed E-state index contributed by atoms with van der Waals surface area (Å²) < 4.78 is 17.3. The Bertz CT molecular complexity index is 948. The summed E-state index contributed by atoms with van der Waals surface area (Å²) in [7, 11) is 1.53. The zero-order chi connectivity index (χ0) is 21.5. The highest BCUT2D eigenvalue weighted by Gasteiger charge is 2.20. The first-order chi connectivity index (χ1) is 14.5. The van der Waals surface area contributed by atoms with Crippen molar-refractivity contribution in [2.24, 2.45) is 7.05 Å². The smallest absolute Gasteiger partial charge is 0.274 e. The van der Waals surface area contributed by atoms with Crippen molar-refractivity contribution in [1.82, 2.24) is 9.47 Å². The van der Waals surface area contributed by atoms with E-state index >= 15 is 0 Å². The number of carbonyl (C=O) groups is 2. The van der Waals surface area contributed by atoms with Gasteiger partial charge in [-0.25, -0.2) is 0 Å². The summed E-state index contributed by atoms with van der Waals surface area (Å²) in [5, 5.41) is 2.53. The Morgan fingerprint density at radius 1 is 1.10 bits per heavy atom. The third kappa shape index (κ3) is 5.38. The van der Waals surface area contributed by atoms with E-state index in [4.69, 9.17) is 14.2 Å². The number of hydrogen-bond acceptors (Lipinski definition) is 6. The van der Waals surface area contributed by atoms with Crippen LogP contribution in [0.2, 0.25) is 0 Å². The van der Waals surface area contributed by atoms with Gasteiger partial charge in [0.15, 0.2) is 6.61 Å². The van der Waals surface area contributed by atoms with E-state index < -0.39 is 11.5 Å². The number of pyridine rings is 1. The number of nitrogens with one attached hydrogen (secondary N) is 1. The number of anilines is 1. The van der Waals surface area contributed by atoms with Crippen LogP contribution >= 0.6 is 0 Å². The van der Waals surface area contributed by atoms with Gasteiger partial charge in [0, 0.05) is 26.3 Å². The van der Waals surface area contributed by atoms with Crippen LogP contribution in [0.4, 0.5) is 5.69 Å². The summed E-state index contributed by atoms with van der Waals surface area (Å²) in [6, 6.07) is 8.27. The van der Waals surface area contributed by atoms with Crippen molar-refractivity contribution in [3.05, 3.63) is 52.4 Å². The van der Waals surface area contributed by atoms with Gasteiger partial charge in [-0.3, -0.25) is 14.4 Å². The third-order valence-electron chi connectivity index (χ3n) is 4.51. The SMILES string of the molecule is CCOc1ccc(OCC(=O)Nc2cc(C(=O)N3CCOCC3)cn(C)c2=O)cc1. The Morgan fingerprint density at radius 3 is 2.37 bits per heavy atom. The molecule has 2 aromatic rings. The number of benzene rings is 1. The van der Waals surface area contributed by atoms with Gasteiger partial charge in [-0.05, 0) is 37.3 Å². The number of hydrogen-bond donors (Lipinski definition) is 1. The third-order valence-corrected chi connectivity index (χ3v) is 4.51.